The van der Waals surface area contributed by atoms with E-state index in [2.05, 4.69) is 24.0 Å². The molecule has 0 saturated heterocycles. The van der Waals surface area contributed by atoms with Gasteiger partial charge in [0.1, 0.15) is 0 Å². The quantitative estimate of drug-likeness (QED) is 0.750. The monoisotopic (exact) mass is 178 g/mol. The van der Waals surface area contributed by atoms with Crippen molar-refractivity contribution in [3.8, 4) is 0 Å². The molecule has 1 aromatic heterocycles. The zero-order chi connectivity index (χ0) is 9.52. The van der Waals surface area contributed by atoms with Crippen molar-refractivity contribution in [3.63, 3.8) is 0 Å². The van der Waals surface area contributed by atoms with Crippen molar-refractivity contribution in [1.29, 1.82) is 0 Å². The Labute approximate surface area is 80.2 Å². The highest BCUT2D eigenvalue weighted by Gasteiger charge is 2.00. The van der Waals surface area contributed by atoms with Gasteiger partial charge in [-0.25, -0.2) is 0 Å². The number of aromatic nitrogens is 1. The maximum Gasteiger partial charge on any atom is 0.0270 e. The summed E-state index contributed by atoms with van der Waals surface area (Å²) in [5.74, 6) is 0. The summed E-state index contributed by atoms with van der Waals surface area (Å²) in [6.07, 6.45) is 8.13. The smallest absolute Gasteiger partial charge is 0.0270 e. The van der Waals surface area contributed by atoms with Crippen LogP contribution in [0.4, 0.5) is 0 Å². The van der Waals surface area contributed by atoms with Crippen LogP contribution in [0, 0.1) is 0 Å². The minimum Gasteiger partial charge on any atom is -0.328 e. The van der Waals surface area contributed by atoms with Gasteiger partial charge in [-0.3, -0.25) is 4.98 Å². The van der Waals surface area contributed by atoms with Crippen molar-refractivity contribution >= 4 is 0 Å². The lowest BCUT2D eigenvalue weighted by Gasteiger charge is -2.09. The van der Waals surface area contributed by atoms with E-state index in [-0.39, 0.29) is 0 Å². The zero-order valence-corrected chi connectivity index (χ0v) is 8.24. The Hall–Kier alpha value is -0.890. The molecule has 0 aliphatic carbocycles. The minimum atomic E-state index is 0.359. The van der Waals surface area contributed by atoms with Gasteiger partial charge in [0.05, 0.1) is 0 Å². The summed E-state index contributed by atoms with van der Waals surface area (Å²) in [6, 6.07) is 4.47. The lowest BCUT2D eigenvalue weighted by Crippen LogP contribution is -2.20. The maximum atomic E-state index is 5.92. The lowest BCUT2D eigenvalue weighted by molar-refractivity contribution is 0.561. The van der Waals surface area contributed by atoms with Crippen LogP contribution in [-0.4, -0.2) is 11.0 Å². The van der Waals surface area contributed by atoms with Gasteiger partial charge >= 0.3 is 0 Å². The normalized spacial score (nSPS) is 12.8. The Morgan fingerprint density at radius 2 is 2.00 bits per heavy atom. The molecule has 72 valence electrons. The number of hydrogen-bond acceptors (Lipinski definition) is 2. The molecule has 2 heteroatoms. The van der Waals surface area contributed by atoms with E-state index in [1.807, 2.05) is 12.4 Å². The molecule has 0 aromatic carbocycles. The molecule has 1 atom stereocenters. The molecular weight excluding hydrogens is 160 g/mol. The number of nitrogens with zero attached hydrogens (tertiary/aromatic N) is 1. The van der Waals surface area contributed by atoms with Gasteiger partial charge in [-0.15, -0.1) is 0 Å². The van der Waals surface area contributed by atoms with Crippen LogP contribution in [0.3, 0.4) is 0 Å². The number of nitrogens with two attached hydrogens (primary N) is 1. The van der Waals surface area contributed by atoms with Gasteiger partial charge < -0.3 is 5.73 Å². The Morgan fingerprint density at radius 3 is 2.62 bits per heavy atom. The highest BCUT2D eigenvalue weighted by atomic mass is 14.6. The van der Waals surface area contributed by atoms with E-state index in [4.69, 9.17) is 5.73 Å². The highest BCUT2D eigenvalue weighted by Crippen LogP contribution is 2.05. The molecule has 1 rings (SSSR count). The van der Waals surface area contributed by atoms with E-state index in [1.54, 1.807) is 0 Å². The van der Waals surface area contributed by atoms with Crippen LogP contribution in [0.15, 0.2) is 24.5 Å². The van der Waals surface area contributed by atoms with Crippen LogP contribution in [0.25, 0.3) is 0 Å². The van der Waals surface area contributed by atoms with Crippen LogP contribution in [0.2, 0.25) is 0 Å². The maximum absolute atomic E-state index is 5.92. The van der Waals surface area contributed by atoms with Gasteiger partial charge in [0, 0.05) is 18.4 Å². The predicted molar refractivity (Wildman–Crippen MR) is 55.4 cm³/mol. The molecular formula is C11H18N2. The average molecular weight is 178 g/mol. The van der Waals surface area contributed by atoms with E-state index >= 15 is 0 Å². The molecule has 13 heavy (non-hydrogen) atoms. The van der Waals surface area contributed by atoms with Crippen LogP contribution in [0.1, 0.15) is 31.7 Å². The minimum absolute atomic E-state index is 0.359. The first-order valence-corrected chi connectivity index (χ1v) is 4.97. The first-order valence-electron chi connectivity index (χ1n) is 4.97. The SMILES string of the molecule is CCCC(N)CCc1ccncc1. The van der Waals surface area contributed by atoms with Crippen LogP contribution in [-0.2, 0) is 6.42 Å². The summed E-state index contributed by atoms with van der Waals surface area (Å²) in [6.45, 7) is 2.17. The Morgan fingerprint density at radius 1 is 1.31 bits per heavy atom. The third-order valence-electron chi connectivity index (χ3n) is 2.21. The van der Waals surface area contributed by atoms with Crippen molar-refractivity contribution in [1.82, 2.24) is 4.98 Å². The number of rotatable bonds is 5. The molecule has 0 bridgehead atoms. The van der Waals surface area contributed by atoms with Gasteiger partial charge in [-0.1, -0.05) is 13.3 Å². The predicted octanol–water partition coefficient (Wildman–Crippen LogP) is 2.14. The number of aryl methyl sites for hydroxylation is 1. The van der Waals surface area contributed by atoms with Crippen LogP contribution < -0.4 is 5.73 Å². The van der Waals surface area contributed by atoms with Gasteiger partial charge in [0.2, 0.25) is 0 Å². The van der Waals surface area contributed by atoms with Crippen molar-refractivity contribution in [2.45, 2.75) is 38.6 Å². The van der Waals surface area contributed by atoms with Crippen molar-refractivity contribution in [2.75, 3.05) is 0 Å². The molecule has 0 spiro atoms. The Bertz CT molecular complexity index is 221. The second-order valence-electron chi connectivity index (χ2n) is 3.44. The second-order valence-corrected chi connectivity index (χ2v) is 3.44. The summed E-state index contributed by atoms with van der Waals surface area (Å²) in [4.78, 5) is 3.98. The largest absolute Gasteiger partial charge is 0.328 e. The summed E-state index contributed by atoms with van der Waals surface area (Å²) in [7, 11) is 0. The standard InChI is InChI=1S/C11H18N2/c1-2-3-11(12)5-4-10-6-8-13-9-7-10/h6-9,11H,2-5,12H2,1H3. The van der Waals surface area contributed by atoms with Gasteiger partial charge in [0.25, 0.3) is 0 Å². The molecule has 2 nitrogen and oxygen atoms in total. The fraction of sp³-hybridized carbons (Fsp3) is 0.545. The molecule has 0 fully saturated rings. The van der Waals surface area contributed by atoms with Gasteiger partial charge in [-0.05, 0) is 37.0 Å². The van der Waals surface area contributed by atoms with E-state index in [1.165, 1.54) is 12.0 Å². The topological polar surface area (TPSA) is 38.9 Å². The third kappa shape index (κ3) is 4.04. The Kier molecular flexibility index (Phi) is 4.47. The number of hydrogen-bond donors (Lipinski definition) is 1. The molecule has 1 heterocycles. The van der Waals surface area contributed by atoms with E-state index < -0.39 is 0 Å². The highest BCUT2D eigenvalue weighted by molar-refractivity contribution is 5.09. The molecule has 1 aromatic rings. The van der Waals surface area contributed by atoms with E-state index in [9.17, 15) is 0 Å². The first-order chi connectivity index (χ1) is 6.33. The van der Waals surface area contributed by atoms with Gasteiger partial charge in [0.15, 0.2) is 0 Å². The summed E-state index contributed by atoms with van der Waals surface area (Å²) < 4.78 is 0. The van der Waals surface area contributed by atoms with Crippen molar-refractivity contribution in [2.24, 2.45) is 5.73 Å². The first kappa shape index (κ1) is 10.2. The van der Waals surface area contributed by atoms with Gasteiger partial charge in [-0.2, -0.15) is 0 Å². The third-order valence-corrected chi connectivity index (χ3v) is 2.21. The Balaban J connectivity index is 2.27. The molecule has 0 aliphatic rings. The molecule has 0 radical (unpaired) electrons. The van der Waals surface area contributed by atoms with E-state index in [0.717, 1.165) is 19.3 Å². The fourth-order valence-corrected chi connectivity index (χ4v) is 1.42. The molecule has 0 aliphatic heterocycles. The molecule has 0 amide bonds. The summed E-state index contributed by atoms with van der Waals surface area (Å²) in [5, 5.41) is 0. The molecule has 0 saturated carbocycles. The van der Waals surface area contributed by atoms with Crippen LogP contribution in [0.5, 0.6) is 0 Å². The summed E-state index contributed by atoms with van der Waals surface area (Å²) >= 11 is 0. The van der Waals surface area contributed by atoms with Crippen LogP contribution >= 0.6 is 0 Å². The fourth-order valence-electron chi connectivity index (χ4n) is 1.42. The lowest BCUT2D eigenvalue weighted by atomic mass is 10.0. The zero-order valence-electron chi connectivity index (χ0n) is 8.24. The van der Waals surface area contributed by atoms with Crippen molar-refractivity contribution < 1.29 is 0 Å². The molecule has 1 unspecified atom stereocenters. The number of pyridine rings is 1. The average Bonchev–Trinajstić information content (AvgIpc) is 2.17. The van der Waals surface area contributed by atoms with Crippen molar-refractivity contribution in [3.05, 3.63) is 30.1 Å². The second kappa shape index (κ2) is 5.70. The summed E-state index contributed by atoms with van der Waals surface area (Å²) in [5.41, 5.74) is 7.25. The van der Waals surface area contributed by atoms with E-state index in [0.29, 0.717) is 6.04 Å². The molecule has 2 N–H and O–H groups in total.